The van der Waals surface area contributed by atoms with E-state index in [9.17, 15) is 9.59 Å². The molecule has 2 aliphatic rings. The molecule has 2 saturated heterocycles. The van der Waals surface area contributed by atoms with Crippen LogP contribution in [0.4, 0.5) is 5.69 Å². The van der Waals surface area contributed by atoms with Crippen molar-refractivity contribution >= 4 is 33.4 Å². The molecule has 0 aliphatic carbocycles. The number of aromatic nitrogens is 3. The van der Waals surface area contributed by atoms with Crippen molar-refractivity contribution < 1.29 is 9.53 Å². The Labute approximate surface area is 221 Å². The van der Waals surface area contributed by atoms with Gasteiger partial charge in [-0.2, -0.15) is 5.10 Å². The van der Waals surface area contributed by atoms with Gasteiger partial charge in [0.2, 0.25) is 0 Å². The molecule has 38 heavy (non-hydrogen) atoms. The maximum atomic E-state index is 13.4. The summed E-state index contributed by atoms with van der Waals surface area (Å²) in [6.45, 7) is 7.81. The van der Waals surface area contributed by atoms with Gasteiger partial charge in [0.25, 0.3) is 11.5 Å². The average molecular weight is 515 g/mol. The summed E-state index contributed by atoms with van der Waals surface area (Å²) in [4.78, 5) is 33.9. The predicted molar refractivity (Wildman–Crippen MR) is 149 cm³/mol. The lowest BCUT2D eigenvalue weighted by Crippen LogP contribution is -2.44. The third-order valence-corrected chi connectivity index (χ3v) is 7.92. The Hall–Kier alpha value is -3.69. The third kappa shape index (κ3) is 4.68. The quantitative estimate of drug-likeness (QED) is 0.425. The fourth-order valence-electron chi connectivity index (χ4n) is 5.65. The van der Waals surface area contributed by atoms with Crippen LogP contribution in [0.3, 0.4) is 0 Å². The zero-order valence-electron chi connectivity index (χ0n) is 22.0. The number of hydrogen-bond donors (Lipinski definition) is 2. The number of carbonyl (C=O) groups is 1. The minimum absolute atomic E-state index is 0.133. The van der Waals surface area contributed by atoms with Crippen molar-refractivity contribution in [1.82, 2.24) is 25.0 Å². The van der Waals surface area contributed by atoms with Gasteiger partial charge in [0.1, 0.15) is 0 Å². The molecule has 6 rings (SSSR count). The number of H-pyrrole nitrogens is 1. The number of likely N-dealkylation sites (N-methyl/N-ethyl adjacent to an activating group) is 1. The van der Waals surface area contributed by atoms with Gasteiger partial charge in [-0.1, -0.05) is 12.1 Å². The number of carbonyl (C=O) groups excluding carboxylic acids is 1. The van der Waals surface area contributed by atoms with Crippen LogP contribution >= 0.6 is 0 Å². The van der Waals surface area contributed by atoms with Crippen LogP contribution in [0.25, 0.3) is 21.8 Å². The van der Waals surface area contributed by atoms with Gasteiger partial charge in [-0.3, -0.25) is 14.3 Å². The molecule has 2 N–H and O–H groups in total. The SMILES string of the molecule is Cc1cc2[nH]c(=O)c3cnn(C4CCOCC4)c3c2cc1C(=O)NCc1cccc(N2CCN(C)CC2)c1. The molecule has 2 aromatic carbocycles. The number of nitrogens with one attached hydrogen (secondary N) is 2. The summed E-state index contributed by atoms with van der Waals surface area (Å²) in [7, 11) is 2.15. The van der Waals surface area contributed by atoms with Gasteiger partial charge in [0.15, 0.2) is 0 Å². The summed E-state index contributed by atoms with van der Waals surface area (Å²) in [5.74, 6) is -0.133. The molecule has 0 spiro atoms. The summed E-state index contributed by atoms with van der Waals surface area (Å²) in [6.07, 6.45) is 3.32. The van der Waals surface area contributed by atoms with Gasteiger partial charge in [-0.05, 0) is 62.2 Å². The van der Waals surface area contributed by atoms with Gasteiger partial charge in [0, 0.05) is 62.6 Å². The number of aromatic amines is 1. The molecule has 4 heterocycles. The maximum absolute atomic E-state index is 13.4. The van der Waals surface area contributed by atoms with E-state index < -0.39 is 0 Å². The van der Waals surface area contributed by atoms with E-state index in [0.29, 0.717) is 36.2 Å². The lowest BCUT2D eigenvalue weighted by molar-refractivity contribution is 0.0675. The van der Waals surface area contributed by atoms with Crippen molar-refractivity contribution in [2.45, 2.75) is 32.4 Å². The van der Waals surface area contributed by atoms with Gasteiger partial charge >= 0.3 is 0 Å². The van der Waals surface area contributed by atoms with Crippen molar-refractivity contribution in [3.63, 3.8) is 0 Å². The van der Waals surface area contributed by atoms with Crippen molar-refractivity contribution in [3.8, 4) is 0 Å². The van der Waals surface area contributed by atoms with E-state index in [1.165, 1.54) is 5.69 Å². The monoisotopic (exact) mass is 514 g/mol. The zero-order chi connectivity index (χ0) is 26.2. The van der Waals surface area contributed by atoms with E-state index in [2.05, 4.69) is 50.4 Å². The molecule has 2 aliphatic heterocycles. The maximum Gasteiger partial charge on any atom is 0.259 e. The normalized spacial score (nSPS) is 17.4. The highest BCUT2D eigenvalue weighted by Gasteiger charge is 2.22. The first-order valence-electron chi connectivity index (χ1n) is 13.4. The first-order valence-corrected chi connectivity index (χ1v) is 13.4. The number of anilines is 1. The lowest BCUT2D eigenvalue weighted by atomic mass is 10.0. The molecule has 1 amide bonds. The summed E-state index contributed by atoms with van der Waals surface area (Å²) < 4.78 is 7.48. The van der Waals surface area contributed by atoms with E-state index in [1.807, 2.05) is 29.8 Å². The molecule has 198 valence electrons. The molecule has 9 nitrogen and oxygen atoms in total. The number of nitrogens with zero attached hydrogens (tertiary/aromatic N) is 4. The summed E-state index contributed by atoms with van der Waals surface area (Å²) >= 11 is 0. The Morgan fingerprint density at radius 1 is 1.11 bits per heavy atom. The van der Waals surface area contributed by atoms with E-state index in [0.717, 1.165) is 61.1 Å². The molecular formula is C29H34N6O3. The number of amides is 1. The molecule has 4 aromatic rings. The second-order valence-corrected chi connectivity index (χ2v) is 10.5. The van der Waals surface area contributed by atoms with Crippen LogP contribution in [0.2, 0.25) is 0 Å². The number of rotatable bonds is 5. The van der Waals surface area contributed by atoms with Gasteiger partial charge in [-0.25, -0.2) is 0 Å². The number of fused-ring (bicyclic) bond motifs is 3. The van der Waals surface area contributed by atoms with Gasteiger partial charge in [-0.15, -0.1) is 0 Å². The topological polar surface area (TPSA) is 95.5 Å². The Bertz CT molecular complexity index is 1540. The van der Waals surface area contributed by atoms with E-state index in [4.69, 9.17) is 4.74 Å². The van der Waals surface area contributed by atoms with Crippen LogP contribution < -0.4 is 15.8 Å². The zero-order valence-corrected chi connectivity index (χ0v) is 22.0. The van der Waals surface area contributed by atoms with E-state index in [1.54, 1.807) is 6.20 Å². The summed E-state index contributed by atoms with van der Waals surface area (Å²) in [6, 6.07) is 12.4. The first-order chi connectivity index (χ1) is 18.5. The van der Waals surface area contributed by atoms with E-state index in [-0.39, 0.29) is 17.5 Å². The molecule has 0 unspecified atom stereocenters. The first kappa shape index (κ1) is 24.6. The Balaban J connectivity index is 1.28. The lowest BCUT2D eigenvalue weighted by Gasteiger charge is -2.34. The Morgan fingerprint density at radius 2 is 1.89 bits per heavy atom. The average Bonchev–Trinajstić information content (AvgIpc) is 3.39. The van der Waals surface area contributed by atoms with Gasteiger partial charge in [0.05, 0.1) is 28.7 Å². The van der Waals surface area contributed by atoms with Gasteiger partial charge < -0.3 is 24.8 Å². The van der Waals surface area contributed by atoms with Crippen molar-refractivity contribution in [2.75, 3.05) is 51.3 Å². The molecule has 9 heteroatoms. The minimum Gasteiger partial charge on any atom is -0.381 e. The molecule has 2 aromatic heterocycles. The smallest absolute Gasteiger partial charge is 0.259 e. The number of hydrogen-bond acceptors (Lipinski definition) is 6. The molecule has 0 saturated carbocycles. The number of pyridine rings is 1. The molecule has 0 atom stereocenters. The van der Waals surface area contributed by atoms with Crippen LogP contribution in [0, 0.1) is 6.92 Å². The van der Waals surface area contributed by atoms with Crippen LogP contribution in [-0.4, -0.2) is 72.0 Å². The van der Waals surface area contributed by atoms with Crippen molar-refractivity contribution in [3.05, 3.63) is 69.6 Å². The van der Waals surface area contributed by atoms with Crippen LogP contribution in [0.5, 0.6) is 0 Å². The molecule has 0 radical (unpaired) electrons. The van der Waals surface area contributed by atoms with Crippen LogP contribution in [0.1, 0.15) is 40.4 Å². The van der Waals surface area contributed by atoms with Crippen molar-refractivity contribution in [1.29, 1.82) is 0 Å². The number of ether oxygens (including phenoxy) is 1. The second-order valence-electron chi connectivity index (χ2n) is 10.5. The predicted octanol–water partition coefficient (Wildman–Crippen LogP) is 3.22. The fourth-order valence-corrected chi connectivity index (χ4v) is 5.65. The number of piperazine rings is 1. The standard InChI is InChI=1S/C29H34N6O3/c1-19-14-26-24(27-25(29(37)32-26)18-31-35(27)21-6-12-38-13-7-21)16-23(19)28(36)30-17-20-4-3-5-22(15-20)34-10-8-33(2)9-11-34/h3-5,14-16,18,21H,6-13,17H2,1-2H3,(H,30,36)(H,32,37). The largest absolute Gasteiger partial charge is 0.381 e. The Kier molecular flexibility index (Phi) is 6.63. The highest BCUT2D eigenvalue weighted by Crippen LogP contribution is 2.30. The summed E-state index contributed by atoms with van der Waals surface area (Å²) in [5, 5.41) is 9.07. The molecule has 0 bridgehead atoms. The number of aryl methyl sites for hydroxylation is 1. The highest BCUT2D eigenvalue weighted by atomic mass is 16.5. The van der Waals surface area contributed by atoms with Crippen LogP contribution in [-0.2, 0) is 11.3 Å². The highest BCUT2D eigenvalue weighted by molar-refractivity contribution is 6.07. The summed E-state index contributed by atoms with van der Waals surface area (Å²) in [5.41, 5.74) is 5.00. The second kappa shape index (κ2) is 10.2. The molecular weight excluding hydrogens is 480 g/mol. The third-order valence-electron chi connectivity index (χ3n) is 7.92. The minimum atomic E-state index is -0.164. The van der Waals surface area contributed by atoms with Crippen molar-refractivity contribution in [2.24, 2.45) is 0 Å². The van der Waals surface area contributed by atoms with Crippen LogP contribution in [0.15, 0.2) is 47.4 Å². The molecule has 2 fully saturated rings. The fraction of sp³-hybridized carbons (Fsp3) is 0.414. The number of benzene rings is 2. The Morgan fingerprint density at radius 3 is 2.68 bits per heavy atom. The van der Waals surface area contributed by atoms with E-state index >= 15 is 0 Å².